The maximum absolute atomic E-state index is 12.8. The van der Waals surface area contributed by atoms with E-state index in [0.29, 0.717) is 35.2 Å². The average Bonchev–Trinajstić information content (AvgIpc) is 3.40. The van der Waals surface area contributed by atoms with Gasteiger partial charge in [0.2, 0.25) is 0 Å². The van der Waals surface area contributed by atoms with Gasteiger partial charge in [0.05, 0.1) is 6.20 Å². The van der Waals surface area contributed by atoms with E-state index in [4.69, 9.17) is 0 Å². The van der Waals surface area contributed by atoms with E-state index >= 15 is 0 Å². The maximum atomic E-state index is 12.8. The number of amides is 2. The molecule has 2 amide bonds. The lowest BCUT2D eigenvalue weighted by Crippen LogP contribution is -2.40. The van der Waals surface area contributed by atoms with E-state index in [2.05, 4.69) is 32.5 Å². The molecule has 2 N–H and O–H groups in total. The van der Waals surface area contributed by atoms with Crippen LogP contribution >= 0.6 is 0 Å². The first-order valence-corrected chi connectivity index (χ1v) is 10.3. The largest absolute Gasteiger partial charge is 0.350 e. The second kappa shape index (κ2) is 8.62. The molecule has 8 nitrogen and oxygen atoms in total. The van der Waals surface area contributed by atoms with Gasteiger partial charge < -0.3 is 10.6 Å². The molecular formula is C22H26N6O2. The predicted octanol–water partition coefficient (Wildman–Crippen LogP) is 2.50. The fourth-order valence-corrected chi connectivity index (χ4v) is 3.92. The number of rotatable bonds is 6. The van der Waals surface area contributed by atoms with Crippen molar-refractivity contribution in [3.05, 3.63) is 59.5 Å². The molecule has 0 bridgehead atoms. The number of anilines is 1. The standard InChI is InChI=1S/C22H26N6O2/c1-3-27-11-5-6-17(27)13-24-21(29)16-9-8-15(2)18(12-16)26-22(30)19-14-23-20-7-4-10-25-28(19)20/h4,7-10,12,14,17H,3,5-6,11,13H2,1-2H3,(H,24,29)(H,26,30)/t17-/m0/s1. The Bertz CT molecular complexity index is 1080. The Morgan fingerprint density at radius 2 is 2.10 bits per heavy atom. The Labute approximate surface area is 175 Å². The summed E-state index contributed by atoms with van der Waals surface area (Å²) in [6.45, 7) is 6.76. The number of imidazole rings is 1. The lowest BCUT2D eigenvalue weighted by molar-refractivity contribution is 0.0940. The van der Waals surface area contributed by atoms with Gasteiger partial charge in [-0.05, 0) is 62.7 Å². The number of carbonyl (C=O) groups is 2. The second-order valence-corrected chi connectivity index (χ2v) is 7.56. The minimum Gasteiger partial charge on any atom is -0.350 e. The van der Waals surface area contributed by atoms with E-state index < -0.39 is 0 Å². The third-order valence-electron chi connectivity index (χ3n) is 5.66. The van der Waals surface area contributed by atoms with Crippen molar-refractivity contribution >= 4 is 23.1 Å². The highest BCUT2D eigenvalue weighted by Crippen LogP contribution is 2.19. The number of benzene rings is 1. The summed E-state index contributed by atoms with van der Waals surface area (Å²) >= 11 is 0. The molecule has 30 heavy (non-hydrogen) atoms. The smallest absolute Gasteiger partial charge is 0.276 e. The Morgan fingerprint density at radius 3 is 2.93 bits per heavy atom. The molecule has 8 heteroatoms. The molecule has 1 saturated heterocycles. The molecule has 4 rings (SSSR count). The zero-order valence-electron chi connectivity index (χ0n) is 17.3. The molecule has 1 aromatic carbocycles. The normalized spacial score (nSPS) is 16.7. The van der Waals surface area contributed by atoms with Gasteiger partial charge in [-0.2, -0.15) is 5.10 Å². The van der Waals surface area contributed by atoms with Crippen molar-refractivity contribution in [2.75, 3.05) is 25.0 Å². The molecule has 3 aromatic rings. The summed E-state index contributed by atoms with van der Waals surface area (Å²) in [5, 5.41) is 10.1. The van der Waals surface area contributed by atoms with Crippen LogP contribution in [0.5, 0.6) is 0 Å². The van der Waals surface area contributed by atoms with Crippen LogP contribution in [0, 0.1) is 6.92 Å². The van der Waals surface area contributed by atoms with Gasteiger partial charge in [0, 0.05) is 30.0 Å². The van der Waals surface area contributed by atoms with Gasteiger partial charge in [0.15, 0.2) is 11.3 Å². The van der Waals surface area contributed by atoms with Crippen LogP contribution in [0.3, 0.4) is 0 Å². The average molecular weight is 406 g/mol. The molecule has 1 atom stereocenters. The van der Waals surface area contributed by atoms with Crippen molar-refractivity contribution in [3.8, 4) is 0 Å². The molecular weight excluding hydrogens is 380 g/mol. The van der Waals surface area contributed by atoms with Gasteiger partial charge in [-0.15, -0.1) is 0 Å². The fourth-order valence-electron chi connectivity index (χ4n) is 3.92. The van der Waals surface area contributed by atoms with Crippen molar-refractivity contribution < 1.29 is 9.59 Å². The number of aryl methyl sites for hydroxylation is 1. The highest BCUT2D eigenvalue weighted by molar-refractivity contribution is 6.04. The summed E-state index contributed by atoms with van der Waals surface area (Å²) in [7, 11) is 0. The van der Waals surface area contributed by atoms with E-state index in [1.165, 1.54) is 17.1 Å². The van der Waals surface area contributed by atoms with E-state index in [9.17, 15) is 9.59 Å². The molecule has 1 aliphatic heterocycles. The zero-order chi connectivity index (χ0) is 21.1. The van der Waals surface area contributed by atoms with Crippen LogP contribution < -0.4 is 10.6 Å². The number of fused-ring (bicyclic) bond motifs is 1. The highest BCUT2D eigenvalue weighted by Gasteiger charge is 2.23. The van der Waals surface area contributed by atoms with Crippen LogP contribution in [0.25, 0.3) is 5.65 Å². The molecule has 0 spiro atoms. The molecule has 0 aliphatic carbocycles. The second-order valence-electron chi connectivity index (χ2n) is 7.56. The van der Waals surface area contributed by atoms with Gasteiger partial charge in [-0.25, -0.2) is 9.50 Å². The number of hydrogen-bond acceptors (Lipinski definition) is 5. The summed E-state index contributed by atoms with van der Waals surface area (Å²) in [4.78, 5) is 32.0. The summed E-state index contributed by atoms with van der Waals surface area (Å²) in [5.41, 5.74) is 2.92. The van der Waals surface area contributed by atoms with E-state index in [0.717, 1.165) is 25.1 Å². The quantitative estimate of drug-likeness (QED) is 0.656. The number of carbonyl (C=O) groups excluding carboxylic acids is 2. The monoisotopic (exact) mass is 406 g/mol. The molecule has 0 radical (unpaired) electrons. The van der Waals surface area contributed by atoms with Gasteiger partial charge >= 0.3 is 0 Å². The minimum atomic E-state index is -0.327. The van der Waals surface area contributed by atoms with Crippen LogP contribution in [0.4, 0.5) is 5.69 Å². The van der Waals surface area contributed by atoms with E-state index in [1.807, 2.05) is 13.0 Å². The third-order valence-corrected chi connectivity index (χ3v) is 5.66. The van der Waals surface area contributed by atoms with Crippen molar-refractivity contribution in [2.45, 2.75) is 32.7 Å². The summed E-state index contributed by atoms with van der Waals surface area (Å²) < 4.78 is 1.49. The first-order valence-electron chi connectivity index (χ1n) is 10.3. The molecule has 0 saturated carbocycles. The Hall–Kier alpha value is -3.26. The topological polar surface area (TPSA) is 91.6 Å². The molecule has 156 valence electrons. The van der Waals surface area contributed by atoms with Crippen molar-refractivity contribution in [1.29, 1.82) is 0 Å². The van der Waals surface area contributed by atoms with Gasteiger partial charge in [0.25, 0.3) is 11.8 Å². The third kappa shape index (κ3) is 4.04. The number of likely N-dealkylation sites (tertiary alicyclic amines) is 1. The van der Waals surface area contributed by atoms with E-state index in [-0.39, 0.29) is 11.8 Å². The Morgan fingerprint density at radius 1 is 1.23 bits per heavy atom. The zero-order valence-corrected chi connectivity index (χ0v) is 17.3. The van der Waals surface area contributed by atoms with Crippen LogP contribution in [0.2, 0.25) is 0 Å². The lowest BCUT2D eigenvalue weighted by Gasteiger charge is -2.23. The number of likely N-dealkylation sites (N-methyl/N-ethyl adjacent to an activating group) is 1. The Kier molecular flexibility index (Phi) is 5.76. The van der Waals surface area contributed by atoms with E-state index in [1.54, 1.807) is 30.5 Å². The van der Waals surface area contributed by atoms with Crippen LogP contribution in [0.15, 0.2) is 42.7 Å². The van der Waals surface area contributed by atoms with Crippen LogP contribution in [-0.4, -0.2) is 57.0 Å². The number of hydrogen-bond donors (Lipinski definition) is 2. The van der Waals surface area contributed by atoms with Crippen LogP contribution in [0.1, 0.15) is 46.2 Å². The molecule has 1 aliphatic rings. The van der Waals surface area contributed by atoms with Crippen LogP contribution in [-0.2, 0) is 0 Å². The summed E-state index contributed by atoms with van der Waals surface area (Å²) in [5.74, 6) is -0.462. The molecule has 1 fully saturated rings. The van der Waals surface area contributed by atoms with Crippen molar-refractivity contribution in [3.63, 3.8) is 0 Å². The summed E-state index contributed by atoms with van der Waals surface area (Å²) in [6, 6.07) is 9.27. The first-order chi connectivity index (χ1) is 14.6. The first kappa shape index (κ1) is 20.0. The molecule has 0 unspecified atom stereocenters. The Balaban J connectivity index is 1.46. The van der Waals surface area contributed by atoms with Crippen molar-refractivity contribution in [2.24, 2.45) is 0 Å². The number of nitrogens with one attached hydrogen (secondary N) is 2. The van der Waals surface area contributed by atoms with Gasteiger partial charge in [-0.1, -0.05) is 13.0 Å². The van der Waals surface area contributed by atoms with Gasteiger partial charge in [0.1, 0.15) is 0 Å². The van der Waals surface area contributed by atoms with Gasteiger partial charge in [-0.3, -0.25) is 14.5 Å². The minimum absolute atomic E-state index is 0.134. The van der Waals surface area contributed by atoms with Crippen molar-refractivity contribution in [1.82, 2.24) is 24.8 Å². The predicted molar refractivity (Wildman–Crippen MR) is 115 cm³/mol. The summed E-state index contributed by atoms with van der Waals surface area (Å²) in [6.07, 6.45) is 5.38. The number of nitrogens with zero attached hydrogens (tertiary/aromatic N) is 4. The maximum Gasteiger partial charge on any atom is 0.276 e. The fraction of sp³-hybridized carbons (Fsp3) is 0.364. The highest BCUT2D eigenvalue weighted by atomic mass is 16.2. The molecule has 3 heterocycles. The SMILES string of the molecule is CCN1CCC[C@H]1CNC(=O)c1ccc(C)c(NC(=O)c2cnc3cccnn23)c1. The lowest BCUT2D eigenvalue weighted by atomic mass is 10.1. The number of aromatic nitrogens is 3. The molecule has 2 aromatic heterocycles.